The van der Waals surface area contributed by atoms with E-state index in [2.05, 4.69) is 11.5 Å². The summed E-state index contributed by atoms with van der Waals surface area (Å²) in [6, 6.07) is 5.76. The van der Waals surface area contributed by atoms with Gasteiger partial charge in [0.15, 0.2) is 0 Å². The van der Waals surface area contributed by atoms with Crippen LogP contribution in [0, 0.1) is 13.8 Å². The first-order valence-electron chi connectivity index (χ1n) is 5.90. The fourth-order valence-electron chi connectivity index (χ4n) is 2.36. The lowest BCUT2D eigenvalue weighted by Crippen LogP contribution is -2.39. The molecule has 0 saturated carbocycles. The van der Waals surface area contributed by atoms with E-state index in [1.807, 2.05) is 31.0 Å². The average Bonchev–Trinajstić information content (AvgIpc) is 2.63. The minimum absolute atomic E-state index is 0.407. The summed E-state index contributed by atoms with van der Waals surface area (Å²) in [5.74, 6) is -0.751. The number of carbonyl (C=O) groups is 1. The topological polar surface area (TPSA) is 52.6 Å². The Kier molecular flexibility index (Phi) is 3.33. The normalized spacial score (nSPS) is 20.5. The molecule has 0 amide bonds. The number of hydrogen-bond acceptors (Lipinski definition) is 3. The van der Waals surface area contributed by atoms with Crippen LogP contribution in [0.3, 0.4) is 0 Å². The zero-order valence-corrected chi connectivity index (χ0v) is 10.2. The van der Waals surface area contributed by atoms with E-state index in [4.69, 9.17) is 5.11 Å². The number of carboxylic acids is 1. The summed E-state index contributed by atoms with van der Waals surface area (Å²) in [6.07, 6.45) is 1.64. The van der Waals surface area contributed by atoms with E-state index in [9.17, 15) is 4.79 Å². The molecule has 0 radical (unpaired) electrons. The maximum atomic E-state index is 11.1. The highest BCUT2D eigenvalue weighted by Gasteiger charge is 2.30. The summed E-state index contributed by atoms with van der Waals surface area (Å²) in [6.45, 7) is 4.86. The van der Waals surface area contributed by atoms with Gasteiger partial charge in [-0.3, -0.25) is 4.79 Å². The summed E-state index contributed by atoms with van der Waals surface area (Å²) in [5.41, 5.74) is 6.53. The van der Waals surface area contributed by atoms with E-state index in [-0.39, 0.29) is 0 Å². The standard InChI is InChI=1S/C13H18N2O2/c1-9-6-10(2)8-11(7-9)14-15-5-3-4-12(15)13(16)17/h6-8,12,14H,3-5H2,1-2H3,(H,16,17)/t12-/m0/s1. The van der Waals surface area contributed by atoms with Gasteiger partial charge in [-0.05, 0) is 49.9 Å². The van der Waals surface area contributed by atoms with Crippen LogP contribution >= 0.6 is 0 Å². The quantitative estimate of drug-likeness (QED) is 0.841. The molecule has 2 N–H and O–H groups in total. The van der Waals surface area contributed by atoms with Crippen LogP contribution in [-0.2, 0) is 4.79 Å². The van der Waals surface area contributed by atoms with E-state index in [1.165, 1.54) is 11.1 Å². The Morgan fingerprint density at radius 1 is 1.35 bits per heavy atom. The first-order chi connectivity index (χ1) is 8.06. The predicted molar refractivity (Wildman–Crippen MR) is 66.9 cm³/mol. The summed E-state index contributed by atoms with van der Waals surface area (Å²) in [5, 5.41) is 10.9. The number of nitrogens with one attached hydrogen (secondary N) is 1. The Labute approximate surface area is 101 Å². The number of aryl methyl sites for hydroxylation is 2. The molecule has 2 rings (SSSR count). The van der Waals surface area contributed by atoms with Crippen molar-refractivity contribution in [3.05, 3.63) is 29.3 Å². The van der Waals surface area contributed by atoms with Crippen molar-refractivity contribution in [3.63, 3.8) is 0 Å². The van der Waals surface area contributed by atoms with Gasteiger partial charge in [0.05, 0.1) is 0 Å². The molecule has 1 aliphatic heterocycles. The fourth-order valence-corrected chi connectivity index (χ4v) is 2.36. The second-order valence-corrected chi connectivity index (χ2v) is 4.68. The minimum atomic E-state index is -0.751. The number of hydrogen-bond donors (Lipinski definition) is 2. The molecule has 1 fully saturated rings. The third-order valence-electron chi connectivity index (χ3n) is 3.03. The highest BCUT2D eigenvalue weighted by atomic mass is 16.4. The number of hydrazine groups is 1. The SMILES string of the molecule is Cc1cc(C)cc(NN2CCC[C@H]2C(=O)O)c1. The fraction of sp³-hybridized carbons (Fsp3) is 0.462. The molecule has 1 heterocycles. The zero-order valence-electron chi connectivity index (χ0n) is 10.2. The Bertz CT molecular complexity index is 411. The minimum Gasteiger partial charge on any atom is -0.480 e. The lowest BCUT2D eigenvalue weighted by molar-refractivity contribution is -0.141. The molecule has 0 spiro atoms. The van der Waals surface area contributed by atoms with E-state index < -0.39 is 12.0 Å². The molecule has 1 aromatic carbocycles. The second-order valence-electron chi connectivity index (χ2n) is 4.68. The van der Waals surface area contributed by atoms with Gasteiger partial charge in [-0.25, -0.2) is 5.01 Å². The molecular weight excluding hydrogens is 216 g/mol. The lowest BCUT2D eigenvalue weighted by atomic mass is 10.1. The maximum absolute atomic E-state index is 11.1. The Balaban J connectivity index is 2.12. The number of aliphatic carboxylic acids is 1. The van der Waals surface area contributed by atoms with Crippen molar-refractivity contribution in [1.82, 2.24) is 5.01 Å². The molecule has 1 saturated heterocycles. The lowest BCUT2D eigenvalue weighted by Gasteiger charge is -2.23. The molecule has 4 heteroatoms. The average molecular weight is 234 g/mol. The largest absolute Gasteiger partial charge is 0.480 e. The van der Waals surface area contributed by atoms with Crippen LogP contribution in [0.25, 0.3) is 0 Å². The van der Waals surface area contributed by atoms with Gasteiger partial charge in [-0.15, -0.1) is 0 Å². The molecular formula is C13H18N2O2. The second kappa shape index (κ2) is 4.75. The van der Waals surface area contributed by atoms with Gasteiger partial charge in [0, 0.05) is 12.2 Å². The predicted octanol–water partition coefficient (Wildman–Crippen LogP) is 2.18. The van der Waals surface area contributed by atoms with E-state index in [0.717, 1.165) is 18.7 Å². The Morgan fingerprint density at radius 2 is 2.00 bits per heavy atom. The van der Waals surface area contributed by atoms with Crippen molar-refractivity contribution in [2.75, 3.05) is 12.0 Å². The molecule has 4 nitrogen and oxygen atoms in total. The van der Waals surface area contributed by atoms with Crippen LogP contribution in [0.1, 0.15) is 24.0 Å². The van der Waals surface area contributed by atoms with Gasteiger partial charge in [-0.1, -0.05) is 6.07 Å². The third kappa shape index (κ3) is 2.77. The van der Waals surface area contributed by atoms with Crippen LogP contribution in [0.15, 0.2) is 18.2 Å². The molecule has 1 aromatic rings. The van der Waals surface area contributed by atoms with Crippen molar-refractivity contribution in [2.45, 2.75) is 32.7 Å². The Morgan fingerprint density at radius 3 is 2.59 bits per heavy atom. The van der Waals surface area contributed by atoms with Crippen molar-refractivity contribution in [1.29, 1.82) is 0 Å². The molecule has 0 unspecified atom stereocenters. The monoisotopic (exact) mass is 234 g/mol. The molecule has 1 atom stereocenters. The first-order valence-corrected chi connectivity index (χ1v) is 5.90. The molecule has 0 aliphatic carbocycles. The van der Waals surface area contributed by atoms with E-state index >= 15 is 0 Å². The maximum Gasteiger partial charge on any atom is 0.322 e. The van der Waals surface area contributed by atoms with Gasteiger partial charge in [0.25, 0.3) is 0 Å². The van der Waals surface area contributed by atoms with Crippen LogP contribution < -0.4 is 5.43 Å². The molecule has 0 aromatic heterocycles. The summed E-state index contributed by atoms with van der Waals surface area (Å²) in [7, 11) is 0. The van der Waals surface area contributed by atoms with E-state index in [1.54, 1.807) is 0 Å². The van der Waals surface area contributed by atoms with Gasteiger partial charge in [0.2, 0.25) is 0 Å². The van der Waals surface area contributed by atoms with E-state index in [0.29, 0.717) is 6.42 Å². The summed E-state index contributed by atoms with van der Waals surface area (Å²) in [4.78, 5) is 11.1. The van der Waals surface area contributed by atoms with Crippen LogP contribution in [0.2, 0.25) is 0 Å². The molecule has 92 valence electrons. The highest BCUT2D eigenvalue weighted by molar-refractivity contribution is 5.74. The van der Waals surface area contributed by atoms with Crippen LogP contribution in [0.4, 0.5) is 5.69 Å². The molecule has 1 aliphatic rings. The van der Waals surface area contributed by atoms with Crippen LogP contribution in [-0.4, -0.2) is 28.7 Å². The molecule has 17 heavy (non-hydrogen) atoms. The highest BCUT2D eigenvalue weighted by Crippen LogP contribution is 2.21. The number of carboxylic acid groups (broad SMARTS) is 1. The van der Waals surface area contributed by atoms with Crippen molar-refractivity contribution in [2.24, 2.45) is 0 Å². The third-order valence-corrected chi connectivity index (χ3v) is 3.03. The zero-order chi connectivity index (χ0) is 12.4. The van der Waals surface area contributed by atoms with Crippen molar-refractivity contribution >= 4 is 11.7 Å². The van der Waals surface area contributed by atoms with Gasteiger partial charge < -0.3 is 10.5 Å². The number of nitrogens with zero attached hydrogens (tertiary/aromatic N) is 1. The summed E-state index contributed by atoms with van der Waals surface area (Å²) >= 11 is 0. The van der Waals surface area contributed by atoms with Crippen molar-refractivity contribution < 1.29 is 9.90 Å². The van der Waals surface area contributed by atoms with Crippen molar-refractivity contribution in [3.8, 4) is 0 Å². The molecule has 0 bridgehead atoms. The number of rotatable bonds is 3. The number of benzene rings is 1. The van der Waals surface area contributed by atoms with Gasteiger partial charge in [-0.2, -0.15) is 0 Å². The smallest absolute Gasteiger partial charge is 0.322 e. The Hall–Kier alpha value is -1.55. The van der Waals surface area contributed by atoms with Crippen LogP contribution in [0.5, 0.6) is 0 Å². The first kappa shape index (κ1) is 11.9. The van der Waals surface area contributed by atoms with Gasteiger partial charge >= 0.3 is 5.97 Å². The van der Waals surface area contributed by atoms with Gasteiger partial charge in [0.1, 0.15) is 6.04 Å². The number of anilines is 1. The summed E-state index contributed by atoms with van der Waals surface area (Å²) < 4.78 is 0.